The lowest BCUT2D eigenvalue weighted by Gasteiger charge is -2.33. The predicted octanol–water partition coefficient (Wildman–Crippen LogP) is 4.16. The molecule has 0 N–H and O–H groups in total. The van der Waals surface area contributed by atoms with Crippen LogP contribution in [-0.4, -0.2) is 9.52 Å². The van der Waals surface area contributed by atoms with E-state index >= 15 is 0 Å². The van der Waals surface area contributed by atoms with E-state index in [4.69, 9.17) is 0 Å². The second-order valence-corrected chi connectivity index (χ2v) is 8.82. The molecule has 0 saturated carbocycles. The zero-order valence-corrected chi connectivity index (χ0v) is 15.3. The van der Waals surface area contributed by atoms with Crippen LogP contribution in [0.5, 0.6) is 0 Å². The lowest BCUT2D eigenvalue weighted by Crippen LogP contribution is -2.29. The Bertz CT molecular complexity index is 548. The van der Waals surface area contributed by atoms with E-state index in [1.54, 1.807) is 27.1 Å². The molecule has 0 heterocycles. The highest BCUT2D eigenvalue weighted by Gasteiger charge is 2.38. The van der Waals surface area contributed by atoms with Crippen molar-refractivity contribution in [2.75, 3.05) is 0 Å². The van der Waals surface area contributed by atoms with E-state index in [9.17, 15) is 0 Å². The van der Waals surface area contributed by atoms with Gasteiger partial charge >= 0.3 is 0 Å². The third-order valence-corrected chi connectivity index (χ3v) is 7.66. The van der Waals surface area contributed by atoms with Crippen molar-refractivity contribution in [2.24, 2.45) is 11.3 Å². The molecule has 108 valence electrons. The molecule has 1 aliphatic rings. The van der Waals surface area contributed by atoms with Crippen molar-refractivity contribution in [3.63, 3.8) is 0 Å². The van der Waals surface area contributed by atoms with E-state index in [-0.39, 0.29) is 9.52 Å². The molecule has 0 radical (unpaired) electrons. The summed E-state index contributed by atoms with van der Waals surface area (Å²) in [7, 11) is -0.355. The van der Waals surface area contributed by atoms with Crippen LogP contribution in [0.25, 0.3) is 0 Å². The average Bonchev–Trinajstić information content (AvgIpc) is 2.55. The number of allylic oxidation sites excluding steroid dienone is 4. The first-order valence-corrected chi connectivity index (χ1v) is 9.20. The maximum atomic E-state index is 2.48. The Balaban J connectivity index is 2.39. The summed E-state index contributed by atoms with van der Waals surface area (Å²) in [5.41, 5.74) is 5.06. The minimum absolute atomic E-state index is 0.310. The van der Waals surface area contributed by atoms with Gasteiger partial charge in [0.15, 0.2) is 0 Å². The van der Waals surface area contributed by atoms with Crippen LogP contribution in [0.1, 0.15) is 48.0 Å². The lowest BCUT2D eigenvalue weighted by atomic mass is 9.77. The summed E-state index contributed by atoms with van der Waals surface area (Å²) < 4.78 is 0. The quantitative estimate of drug-likeness (QED) is 0.728. The molecule has 1 heteroatoms. The first-order chi connectivity index (χ1) is 9.36. The van der Waals surface area contributed by atoms with E-state index in [0.717, 1.165) is 5.92 Å². The van der Waals surface area contributed by atoms with Gasteiger partial charge in [0, 0.05) is 5.41 Å². The minimum Gasteiger partial charge on any atom is -0.0698 e. The van der Waals surface area contributed by atoms with Gasteiger partial charge in [0.1, 0.15) is 0 Å². The summed E-state index contributed by atoms with van der Waals surface area (Å²) in [4.78, 5) is 0. The fourth-order valence-corrected chi connectivity index (χ4v) is 6.03. The first kappa shape index (κ1) is 15.3. The molecule has 0 amide bonds. The topological polar surface area (TPSA) is 0 Å². The smallest absolute Gasteiger partial charge is 0.0698 e. The molecular weight excluding hydrogens is 256 g/mol. The van der Waals surface area contributed by atoms with Gasteiger partial charge in [-0.05, 0) is 38.7 Å². The van der Waals surface area contributed by atoms with Crippen molar-refractivity contribution in [1.29, 1.82) is 0 Å². The van der Waals surface area contributed by atoms with Crippen molar-refractivity contribution in [3.05, 3.63) is 52.2 Å². The van der Waals surface area contributed by atoms with Crippen LogP contribution in [0, 0.1) is 11.3 Å². The van der Waals surface area contributed by atoms with Crippen LogP contribution in [0.3, 0.4) is 0 Å². The number of hydrogen-bond donors (Lipinski definition) is 0. The van der Waals surface area contributed by atoms with Crippen LogP contribution < -0.4 is 5.19 Å². The van der Waals surface area contributed by atoms with E-state index in [1.165, 1.54) is 6.42 Å². The SMILES string of the molecule is CC1=C(C)C(C)(CC(C)C)C([SiH2]c2ccccc2)=C1C. The summed E-state index contributed by atoms with van der Waals surface area (Å²) in [5, 5.41) is 3.34. The Morgan fingerprint density at radius 1 is 1.00 bits per heavy atom. The Morgan fingerprint density at radius 3 is 2.15 bits per heavy atom. The van der Waals surface area contributed by atoms with Crippen molar-refractivity contribution in [2.45, 2.75) is 48.0 Å². The lowest BCUT2D eigenvalue weighted by molar-refractivity contribution is 0.385. The monoisotopic (exact) mass is 284 g/mol. The van der Waals surface area contributed by atoms with Crippen molar-refractivity contribution < 1.29 is 0 Å². The molecular formula is C19H28Si. The van der Waals surface area contributed by atoms with E-state index in [2.05, 4.69) is 71.9 Å². The molecule has 1 aliphatic carbocycles. The van der Waals surface area contributed by atoms with Gasteiger partial charge in [-0.2, -0.15) is 0 Å². The van der Waals surface area contributed by atoms with Gasteiger partial charge in [0.05, 0.1) is 9.52 Å². The molecule has 0 aromatic heterocycles. The molecule has 0 aliphatic heterocycles. The van der Waals surface area contributed by atoms with Crippen molar-refractivity contribution in [3.8, 4) is 0 Å². The molecule has 1 atom stereocenters. The molecule has 0 saturated heterocycles. The maximum Gasteiger partial charge on any atom is 0.0839 e. The maximum absolute atomic E-state index is 2.48. The molecule has 0 fully saturated rings. The van der Waals surface area contributed by atoms with Gasteiger partial charge < -0.3 is 0 Å². The first-order valence-electron chi connectivity index (χ1n) is 7.78. The highest BCUT2D eigenvalue weighted by Crippen LogP contribution is 2.49. The molecule has 0 bridgehead atoms. The standard InChI is InChI=1S/C19H28Si/c1-13(2)12-19(6)16(5)14(3)15(4)18(19)20-17-10-8-7-9-11-17/h7-11,13H,12,20H2,1-6H3. The second-order valence-electron chi connectivity index (χ2n) is 6.95. The summed E-state index contributed by atoms with van der Waals surface area (Å²) in [6.45, 7) is 14.2. The van der Waals surface area contributed by atoms with Gasteiger partial charge in [-0.15, -0.1) is 0 Å². The minimum atomic E-state index is -0.355. The van der Waals surface area contributed by atoms with Crippen LogP contribution in [0.4, 0.5) is 0 Å². The van der Waals surface area contributed by atoms with Gasteiger partial charge in [-0.25, -0.2) is 0 Å². The van der Waals surface area contributed by atoms with E-state index in [0.29, 0.717) is 5.41 Å². The van der Waals surface area contributed by atoms with Crippen LogP contribution >= 0.6 is 0 Å². The van der Waals surface area contributed by atoms with E-state index < -0.39 is 0 Å². The van der Waals surface area contributed by atoms with E-state index in [1.807, 2.05) is 0 Å². The largest absolute Gasteiger partial charge is 0.0839 e. The summed E-state index contributed by atoms with van der Waals surface area (Å²) in [6.07, 6.45) is 1.28. The summed E-state index contributed by atoms with van der Waals surface area (Å²) in [5.74, 6) is 0.744. The number of benzene rings is 1. The van der Waals surface area contributed by atoms with Crippen molar-refractivity contribution in [1.82, 2.24) is 0 Å². The molecule has 0 nitrogen and oxygen atoms in total. The third kappa shape index (κ3) is 2.69. The summed E-state index contributed by atoms with van der Waals surface area (Å²) in [6, 6.07) is 11.1. The average molecular weight is 285 g/mol. The van der Waals surface area contributed by atoms with Gasteiger partial charge in [0.2, 0.25) is 0 Å². The van der Waals surface area contributed by atoms with Gasteiger partial charge in [-0.1, -0.05) is 72.6 Å². The van der Waals surface area contributed by atoms with Gasteiger partial charge in [0.25, 0.3) is 0 Å². The summed E-state index contributed by atoms with van der Waals surface area (Å²) >= 11 is 0. The van der Waals surface area contributed by atoms with Crippen LogP contribution in [0.15, 0.2) is 52.2 Å². The van der Waals surface area contributed by atoms with Crippen LogP contribution in [0.2, 0.25) is 0 Å². The second kappa shape index (κ2) is 5.73. The molecule has 0 spiro atoms. The Labute approximate surface area is 126 Å². The third-order valence-electron chi connectivity index (χ3n) is 5.11. The molecule has 20 heavy (non-hydrogen) atoms. The van der Waals surface area contributed by atoms with Crippen molar-refractivity contribution >= 4 is 14.7 Å². The highest BCUT2D eigenvalue weighted by atomic mass is 28.2. The molecule has 1 unspecified atom stereocenters. The highest BCUT2D eigenvalue weighted by molar-refractivity contribution is 6.61. The Kier molecular flexibility index (Phi) is 4.39. The van der Waals surface area contributed by atoms with Crippen LogP contribution in [-0.2, 0) is 0 Å². The zero-order valence-electron chi connectivity index (χ0n) is 13.9. The Hall–Kier alpha value is -1.08. The van der Waals surface area contributed by atoms with Gasteiger partial charge in [-0.3, -0.25) is 0 Å². The predicted molar refractivity (Wildman–Crippen MR) is 93.3 cm³/mol. The Morgan fingerprint density at radius 2 is 1.60 bits per heavy atom. The molecule has 2 rings (SSSR count). The number of hydrogen-bond acceptors (Lipinski definition) is 0. The normalized spacial score (nSPS) is 23.8. The fourth-order valence-electron chi connectivity index (χ4n) is 3.78. The fraction of sp³-hybridized carbons (Fsp3) is 0.474. The molecule has 1 aromatic carbocycles. The zero-order chi connectivity index (χ0) is 14.9. The molecule has 1 aromatic rings. The number of rotatable bonds is 4.